The van der Waals surface area contributed by atoms with E-state index in [-0.39, 0.29) is 12.4 Å². The molecule has 0 bridgehead atoms. The van der Waals surface area contributed by atoms with Crippen molar-refractivity contribution in [3.8, 4) is 0 Å². The van der Waals surface area contributed by atoms with Crippen LogP contribution in [0.4, 0.5) is 11.4 Å². The monoisotopic (exact) mass is 295 g/mol. The number of fused-ring (bicyclic) bond motifs is 1. The van der Waals surface area contributed by atoms with E-state index in [9.17, 15) is 8.42 Å². The first-order valence-corrected chi connectivity index (χ1v) is 7.90. The molecule has 0 saturated heterocycles. The van der Waals surface area contributed by atoms with Gasteiger partial charge in [-0.05, 0) is 31.2 Å². The van der Waals surface area contributed by atoms with Crippen molar-refractivity contribution in [2.75, 3.05) is 29.4 Å². The number of nitrogens with zero attached hydrogens (tertiary/aromatic N) is 1. The van der Waals surface area contributed by atoms with Crippen LogP contribution in [-0.2, 0) is 14.8 Å². The Morgan fingerprint density at radius 1 is 1.35 bits per heavy atom. The molecule has 0 fully saturated rings. The van der Waals surface area contributed by atoms with Crippen LogP contribution in [0.25, 0.3) is 10.9 Å². The second kappa shape index (κ2) is 6.06. The summed E-state index contributed by atoms with van der Waals surface area (Å²) in [6.45, 7) is 2.47. The highest BCUT2D eigenvalue weighted by molar-refractivity contribution is 7.92. The standard InChI is InChI=1S/C13H17N3O3S/c1-2-19-8-9-20(17,18)16-12-6-5-11(14)13-10(12)4-3-7-15-13/h3-7,16H,2,8-9,14H2,1H3. The van der Waals surface area contributed by atoms with Crippen molar-refractivity contribution in [3.05, 3.63) is 30.5 Å². The lowest BCUT2D eigenvalue weighted by molar-refractivity contribution is 0.163. The van der Waals surface area contributed by atoms with Gasteiger partial charge in [-0.25, -0.2) is 8.42 Å². The summed E-state index contributed by atoms with van der Waals surface area (Å²) < 4.78 is 31.5. The smallest absolute Gasteiger partial charge is 0.235 e. The number of anilines is 2. The van der Waals surface area contributed by atoms with Gasteiger partial charge >= 0.3 is 0 Å². The van der Waals surface area contributed by atoms with Gasteiger partial charge in [0.2, 0.25) is 10.0 Å². The van der Waals surface area contributed by atoms with Crippen molar-refractivity contribution in [2.45, 2.75) is 6.92 Å². The Morgan fingerprint density at radius 2 is 2.15 bits per heavy atom. The molecule has 2 aromatic rings. The van der Waals surface area contributed by atoms with Gasteiger partial charge in [-0.1, -0.05) is 0 Å². The molecule has 0 amide bonds. The minimum absolute atomic E-state index is 0.0903. The minimum atomic E-state index is -3.45. The van der Waals surface area contributed by atoms with Crippen LogP contribution in [-0.4, -0.2) is 32.4 Å². The topological polar surface area (TPSA) is 94.3 Å². The molecule has 7 heteroatoms. The normalized spacial score (nSPS) is 11.7. The van der Waals surface area contributed by atoms with Crippen molar-refractivity contribution in [2.24, 2.45) is 0 Å². The molecule has 3 N–H and O–H groups in total. The summed E-state index contributed by atoms with van der Waals surface area (Å²) in [5, 5.41) is 0.674. The Bertz CT molecular complexity index is 701. The molecule has 0 atom stereocenters. The Morgan fingerprint density at radius 3 is 2.90 bits per heavy atom. The molecule has 108 valence electrons. The van der Waals surface area contributed by atoms with E-state index in [2.05, 4.69) is 9.71 Å². The second-order valence-electron chi connectivity index (χ2n) is 4.22. The molecular formula is C13H17N3O3S. The quantitative estimate of drug-likeness (QED) is 0.623. The highest BCUT2D eigenvalue weighted by atomic mass is 32.2. The fourth-order valence-corrected chi connectivity index (χ4v) is 2.77. The molecule has 0 aliphatic heterocycles. The molecule has 0 saturated carbocycles. The Labute approximate surface area is 118 Å². The Kier molecular flexibility index (Phi) is 4.41. The summed E-state index contributed by atoms with van der Waals surface area (Å²) in [5.74, 6) is -0.0903. The van der Waals surface area contributed by atoms with Crippen LogP contribution < -0.4 is 10.5 Å². The van der Waals surface area contributed by atoms with E-state index in [0.29, 0.717) is 28.9 Å². The molecule has 0 unspecified atom stereocenters. The molecule has 0 radical (unpaired) electrons. The van der Waals surface area contributed by atoms with Gasteiger partial charge in [0.15, 0.2) is 0 Å². The maximum atomic E-state index is 12.0. The van der Waals surface area contributed by atoms with Crippen molar-refractivity contribution < 1.29 is 13.2 Å². The Hall–Kier alpha value is -1.86. The summed E-state index contributed by atoms with van der Waals surface area (Å²) >= 11 is 0. The third-order valence-corrected chi connectivity index (χ3v) is 4.00. The lowest BCUT2D eigenvalue weighted by atomic mass is 10.1. The zero-order valence-electron chi connectivity index (χ0n) is 11.2. The number of benzene rings is 1. The number of pyridine rings is 1. The van der Waals surface area contributed by atoms with Gasteiger partial charge in [0, 0.05) is 18.2 Å². The maximum absolute atomic E-state index is 12.0. The molecule has 0 aliphatic carbocycles. The van der Waals surface area contributed by atoms with Crippen LogP contribution >= 0.6 is 0 Å². The first-order valence-electron chi connectivity index (χ1n) is 6.25. The highest BCUT2D eigenvalue weighted by Gasteiger charge is 2.13. The third-order valence-electron chi connectivity index (χ3n) is 2.77. The third kappa shape index (κ3) is 3.37. The van der Waals surface area contributed by atoms with Crippen LogP contribution in [0.2, 0.25) is 0 Å². The molecular weight excluding hydrogens is 278 g/mol. The lowest BCUT2D eigenvalue weighted by Gasteiger charge is -2.11. The van der Waals surface area contributed by atoms with Crippen LogP contribution in [0.15, 0.2) is 30.5 Å². The number of nitrogens with one attached hydrogen (secondary N) is 1. The number of hydrogen-bond acceptors (Lipinski definition) is 5. The van der Waals surface area contributed by atoms with Crippen molar-refractivity contribution in [1.82, 2.24) is 4.98 Å². The fourth-order valence-electron chi connectivity index (χ4n) is 1.82. The predicted molar refractivity (Wildman–Crippen MR) is 80.1 cm³/mol. The van der Waals surface area contributed by atoms with E-state index in [1.54, 1.807) is 30.5 Å². The predicted octanol–water partition coefficient (Wildman–Crippen LogP) is 1.60. The van der Waals surface area contributed by atoms with Gasteiger partial charge in [0.05, 0.1) is 29.3 Å². The molecule has 2 rings (SSSR count). The first-order chi connectivity index (χ1) is 9.53. The number of rotatable bonds is 6. The number of aromatic nitrogens is 1. The average molecular weight is 295 g/mol. The molecule has 0 spiro atoms. The SMILES string of the molecule is CCOCCS(=O)(=O)Nc1ccc(N)c2ncccc12. The maximum Gasteiger partial charge on any atom is 0.235 e. The van der Waals surface area contributed by atoms with Gasteiger partial charge in [0.1, 0.15) is 0 Å². The number of hydrogen-bond donors (Lipinski definition) is 2. The second-order valence-corrected chi connectivity index (χ2v) is 6.06. The summed E-state index contributed by atoms with van der Waals surface area (Å²) in [7, 11) is -3.45. The van der Waals surface area contributed by atoms with Crippen molar-refractivity contribution in [1.29, 1.82) is 0 Å². The summed E-state index contributed by atoms with van der Waals surface area (Å²) in [5.41, 5.74) is 7.39. The molecule has 20 heavy (non-hydrogen) atoms. The van der Waals surface area contributed by atoms with E-state index < -0.39 is 10.0 Å². The van der Waals surface area contributed by atoms with Gasteiger partial charge < -0.3 is 10.5 Å². The highest BCUT2D eigenvalue weighted by Crippen LogP contribution is 2.27. The number of ether oxygens (including phenoxy) is 1. The van der Waals surface area contributed by atoms with Crippen molar-refractivity contribution in [3.63, 3.8) is 0 Å². The fraction of sp³-hybridized carbons (Fsp3) is 0.308. The van der Waals surface area contributed by atoms with Crippen LogP contribution in [0.5, 0.6) is 0 Å². The van der Waals surface area contributed by atoms with E-state index in [1.807, 2.05) is 6.92 Å². The molecule has 6 nitrogen and oxygen atoms in total. The summed E-state index contributed by atoms with van der Waals surface area (Å²) in [4.78, 5) is 4.16. The zero-order valence-corrected chi connectivity index (χ0v) is 12.0. The van der Waals surface area contributed by atoms with Gasteiger partial charge in [-0.15, -0.1) is 0 Å². The Balaban J connectivity index is 2.28. The van der Waals surface area contributed by atoms with E-state index >= 15 is 0 Å². The molecule has 0 aliphatic rings. The number of sulfonamides is 1. The summed E-state index contributed by atoms with van der Waals surface area (Å²) in [6.07, 6.45) is 1.62. The zero-order chi connectivity index (χ0) is 14.6. The van der Waals surface area contributed by atoms with E-state index in [0.717, 1.165) is 0 Å². The first kappa shape index (κ1) is 14.5. The van der Waals surface area contributed by atoms with Crippen LogP contribution in [0, 0.1) is 0 Å². The number of nitrogen functional groups attached to an aromatic ring is 1. The van der Waals surface area contributed by atoms with E-state index in [1.165, 1.54) is 0 Å². The van der Waals surface area contributed by atoms with Crippen LogP contribution in [0.3, 0.4) is 0 Å². The largest absolute Gasteiger partial charge is 0.397 e. The minimum Gasteiger partial charge on any atom is -0.397 e. The van der Waals surface area contributed by atoms with Gasteiger partial charge in [-0.2, -0.15) is 0 Å². The van der Waals surface area contributed by atoms with Crippen molar-refractivity contribution >= 4 is 32.3 Å². The molecule has 1 aromatic carbocycles. The number of nitrogens with two attached hydrogens (primary N) is 1. The summed E-state index contributed by atoms with van der Waals surface area (Å²) in [6, 6.07) is 6.78. The average Bonchev–Trinajstić information content (AvgIpc) is 2.42. The van der Waals surface area contributed by atoms with Gasteiger partial charge in [-0.3, -0.25) is 9.71 Å². The molecule has 1 heterocycles. The van der Waals surface area contributed by atoms with Crippen LogP contribution in [0.1, 0.15) is 6.92 Å². The lowest BCUT2D eigenvalue weighted by Crippen LogP contribution is -2.20. The van der Waals surface area contributed by atoms with Gasteiger partial charge in [0.25, 0.3) is 0 Å². The molecule has 1 aromatic heterocycles. The van der Waals surface area contributed by atoms with E-state index in [4.69, 9.17) is 10.5 Å².